The number of nitrogens with one attached hydrogen (secondary N) is 1. The van der Waals surface area contributed by atoms with Crippen LogP contribution >= 0.6 is 0 Å². The number of oxazole rings is 1. The molecule has 3 heterocycles. The zero-order valence-corrected chi connectivity index (χ0v) is 25.8. The van der Waals surface area contributed by atoms with Crippen LogP contribution in [0.5, 0.6) is 0 Å². The highest BCUT2D eigenvalue weighted by atomic mass is 19.3. The van der Waals surface area contributed by atoms with Crippen LogP contribution in [0, 0.1) is 11.8 Å². The number of nitrogens with zero attached hydrogens (tertiary/aromatic N) is 5. The lowest BCUT2D eigenvalue weighted by Gasteiger charge is -2.27. The van der Waals surface area contributed by atoms with E-state index in [9.17, 15) is 23.2 Å². The average Bonchev–Trinajstić information content (AvgIpc) is 3.49. The van der Waals surface area contributed by atoms with Crippen molar-refractivity contribution in [3.05, 3.63) is 42.2 Å². The topological polar surface area (TPSA) is 142 Å². The summed E-state index contributed by atoms with van der Waals surface area (Å²) in [5, 5.41) is 6.56. The predicted octanol–water partition coefficient (Wildman–Crippen LogP) is 6.57. The summed E-state index contributed by atoms with van der Waals surface area (Å²) in [6.45, 7) is 7.88. The van der Waals surface area contributed by atoms with Gasteiger partial charge in [0.05, 0.1) is 24.3 Å². The van der Waals surface area contributed by atoms with Crippen molar-refractivity contribution in [1.29, 1.82) is 0 Å². The van der Waals surface area contributed by atoms with Crippen LogP contribution < -0.4 is 10.2 Å². The zero-order chi connectivity index (χ0) is 32.3. The number of esters is 1. The molecule has 0 unspecified atom stereocenters. The van der Waals surface area contributed by atoms with Crippen molar-refractivity contribution in [1.82, 2.24) is 19.7 Å². The summed E-state index contributed by atoms with van der Waals surface area (Å²) in [4.78, 5) is 48.2. The van der Waals surface area contributed by atoms with E-state index < -0.39 is 29.7 Å². The third-order valence-electron chi connectivity index (χ3n) is 7.66. The number of ether oxygens (including phenoxy) is 2. The number of halogens is 2. The summed E-state index contributed by atoms with van der Waals surface area (Å²) >= 11 is 0. The maximum Gasteiger partial charge on any atom is 0.416 e. The Morgan fingerprint density at radius 1 is 1.16 bits per heavy atom. The van der Waals surface area contributed by atoms with E-state index in [1.807, 2.05) is 0 Å². The third-order valence-corrected chi connectivity index (χ3v) is 7.66. The lowest BCUT2D eigenvalue weighted by atomic mass is 9.86. The van der Waals surface area contributed by atoms with E-state index in [2.05, 4.69) is 20.4 Å². The van der Waals surface area contributed by atoms with Gasteiger partial charge in [0, 0.05) is 24.5 Å². The van der Waals surface area contributed by atoms with E-state index in [1.54, 1.807) is 39.8 Å². The van der Waals surface area contributed by atoms with Gasteiger partial charge >= 0.3 is 12.1 Å². The summed E-state index contributed by atoms with van der Waals surface area (Å²) in [6.07, 6.45) is 4.84. The Morgan fingerprint density at radius 2 is 1.89 bits per heavy atom. The molecule has 0 aromatic carbocycles. The fraction of sp³-hybridized carbons (Fsp3) is 0.548. The molecule has 12 nitrogen and oxygen atoms in total. The quantitative estimate of drug-likeness (QED) is 0.247. The number of amides is 2. The monoisotopic (exact) mass is 628 g/mol. The average molecular weight is 629 g/mol. The molecule has 2 aliphatic rings. The summed E-state index contributed by atoms with van der Waals surface area (Å²) in [5.74, 6) is -0.420. The number of hydrogen-bond donors (Lipinski definition) is 1. The second-order valence-electron chi connectivity index (χ2n) is 12.4. The van der Waals surface area contributed by atoms with E-state index >= 15 is 0 Å². The van der Waals surface area contributed by atoms with Crippen molar-refractivity contribution >= 4 is 29.5 Å². The van der Waals surface area contributed by atoms with Crippen molar-refractivity contribution in [3.8, 4) is 11.5 Å². The fourth-order valence-electron chi connectivity index (χ4n) is 5.22. The Kier molecular flexibility index (Phi) is 9.49. The molecular weight excluding hydrogens is 590 g/mol. The Hall–Kier alpha value is -4.36. The fourth-order valence-corrected chi connectivity index (χ4v) is 5.22. The van der Waals surface area contributed by atoms with Crippen molar-refractivity contribution in [2.24, 2.45) is 11.8 Å². The summed E-state index contributed by atoms with van der Waals surface area (Å²) < 4.78 is 45.5. The first kappa shape index (κ1) is 32.0. The van der Waals surface area contributed by atoms with Crippen molar-refractivity contribution in [2.45, 2.75) is 84.3 Å². The maximum atomic E-state index is 13.9. The molecule has 1 N–H and O–H groups in total. The number of alkyl halides is 2. The molecule has 0 radical (unpaired) electrons. The van der Waals surface area contributed by atoms with Crippen LogP contribution in [0.25, 0.3) is 11.5 Å². The van der Waals surface area contributed by atoms with Crippen molar-refractivity contribution < 1.29 is 37.1 Å². The molecule has 2 fully saturated rings. The first-order chi connectivity index (χ1) is 21.4. The molecule has 0 aliphatic heterocycles. The summed E-state index contributed by atoms with van der Waals surface area (Å²) in [7, 11) is 0. The molecule has 0 saturated heterocycles. The first-order valence-electron chi connectivity index (χ1n) is 15.2. The largest absolute Gasteiger partial charge is 0.466 e. The normalized spacial score (nSPS) is 18.5. The molecule has 2 aliphatic carbocycles. The molecule has 14 heteroatoms. The molecule has 5 rings (SSSR count). The highest BCUT2D eigenvalue weighted by molar-refractivity contribution is 6.03. The molecule has 0 bridgehead atoms. The van der Waals surface area contributed by atoms with Gasteiger partial charge in [0.1, 0.15) is 17.7 Å². The minimum Gasteiger partial charge on any atom is -0.466 e. The lowest BCUT2D eigenvalue weighted by Crippen LogP contribution is -2.38. The first-order valence-corrected chi connectivity index (χ1v) is 15.2. The molecular formula is C31H38F2N6O6. The molecule has 0 spiro atoms. The van der Waals surface area contributed by atoms with Crippen LogP contribution in [0.1, 0.15) is 94.9 Å². The SMILES string of the molecule is CCOC(=O)[C@H]1CC[C@@H](n2cc(NC(=O)c3coc(-c4ccnc(N(CC5CC5)C(=O)OC(C)(C)C)c4)n3)c(C(F)F)n2)CC1. The second-order valence-corrected chi connectivity index (χ2v) is 12.4. The Labute approximate surface area is 259 Å². The van der Waals surface area contributed by atoms with Gasteiger partial charge in [-0.15, -0.1) is 0 Å². The predicted molar refractivity (Wildman–Crippen MR) is 159 cm³/mol. The van der Waals surface area contributed by atoms with Gasteiger partial charge < -0.3 is 19.2 Å². The molecule has 3 aromatic heterocycles. The van der Waals surface area contributed by atoms with Gasteiger partial charge in [0.15, 0.2) is 11.4 Å². The number of anilines is 2. The van der Waals surface area contributed by atoms with Crippen LogP contribution in [0.15, 0.2) is 35.2 Å². The van der Waals surface area contributed by atoms with Gasteiger partial charge in [-0.2, -0.15) is 5.10 Å². The molecule has 45 heavy (non-hydrogen) atoms. The van der Waals surface area contributed by atoms with Gasteiger partial charge in [-0.3, -0.25) is 19.2 Å². The highest BCUT2D eigenvalue weighted by Crippen LogP contribution is 2.36. The molecule has 3 aromatic rings. The van der Waals surface area contributed by atoms with E-state index in [0.717, 1.165) is 19.1 Å². The molecule has 2 saturated carbocycles. The smallest absolute Gasteiger partial charge is 0.416 e. The van der Waals surface area contributed by atoms with Gasteiger partial charge in [-0.1, -0.05) is 0 Å². The number of hydrogen-bond acceptors (Lipinski definition) is 9. The van der Waals surface area contributed by atoms with Gasteiger partial charge in [0.2, 0.25) is 5.89 Å². The molecule has 2 amide bonds. The van der Waals surface area contributed by atoms with E-state index in [-0.39, 0.29) is 35.2 Å². The summed E-state index contributed by atoms with van der Waals surface area (Å²) in [5.41, 5.74) is -1.05. The number of aromatic nitrogens is 4. The maximum absolute atomic E-state index is 13.9. The van der Waals surface area contributed by atoms with E-state index in [0.29, 0.717) is 56.1 Å². The summed E-state index contributed by atoms with van der Waals surface area (Å²) in [6, 6.07) is 3.05. The van der Waals surface area contributed by atoms with Crippen LogP contribution in [0.2, 0.25) is 0 Å². The number of rotatable bonds is 10. The van der Waals surface area contributed by atoms with Crippen LogP contribution in [0.4, 0.5) is 25.1 Å². The van der Waals surface area contributed by atoms with Crippen molar-refractivity contribution in [3.63, 3.8) is 0 Å². The second kappa shape index (κ2) is 13.3. The molecule has 0 atom stereocenters. The van der Waals surface area contributed by atoms with Crippen molar-refractivity contribution in [2.75, 3.05) is 23.4 Å². The van der Waals surface area contributed by atoms with Crippen LogP contribution in [0.3, 0.4) is 0 Å². The number of carbonyl (C=O) groups is 3. The van der Waals surface area contributed by atoms with E-state index in [4.69, 9.17) is 13.9 Å². The minimum absolute atomic E-state index is 0.0856. The Balaban J connectivity index is 1.29. The lowest BCUT2D eigenvalue weighted by molar-refractivity contribution is -0.149. The Morgan fingerprint density at radius 3 is 2.53 bits per heavy atom. The highest BCUT2D eigenvalue weighted by Gasteiger charge is 2.32. The Bertz CT molecular complexity index is 1520. The van der Waals surface area contributed by atoms with Gasteiger partial charge in [-0.25, -0.2) is 23.5 Å². The van der Waals surface area contributed by atoms with Gasteiger partial charge in [-0.05, 0) is 84.3 Å². The zero-order valence-electron chi connectivity index (χ0n) is 25.8. The number of pyridine rings is 1. The minimum atomic E-state index is -2.93. The number of carbonyl (C=O) groups excluding carboxylic acids is 3. The van der Waals surface area contributed by atoms with Crippen LogP contribution in [-0.4, -0.2) is 56.5 Å². The molecule has 242 valence electrons. The van der Waals surface area contributed by atoms with E-state index in [1.165, 1.54) is 22.0 Å². The van der Waals surface area contributed by atoms with Gasteiger partial charge in [0.25, 0.3) is 12.3 Å². The third kappa shape index (κ3) is 8.03. The van der Waals surface area contributed by atoms with Crippen LogP contribution in [-0.2, 0) is 14.3 Å². The standard InChI is InChI=1S/C31H38F2N6O6/c1-5-43-29(41)19-8-10-21(11-9-19)39-16-22(25(37-39)26(32)33)35-27(40)23-17-44-28(36-23)20-12-13-34-24(14-20)38(15-18-6-7-18)30(42)45-31(2,3)4/h12-14,16-19,21,26H,5-11,15H2,1-4H3,(H,35,40)/t19-,21+.